The summed E-state index contributed by atoms with van der Waals surface area (Å²) in [5.41, 5.74) is 3.46. The molecule has 1 aliphatic heterocycles. The first-order valence-electron chi connectivity index (χ1n) is 8.21. The second-order valence-electron chi connectivity index (χ2n) is 6.67. The Kier molecular flexibility index (Phi) is 4.34. The van der Waals surface area contributed by atoms with Crippen molar-refractivity contribution in [1.82, 2.24) is 4.90 Å². The van der Waals surface area contributed by atoms with Crippen molar-refractivity contribution in [2.75, 3.05) is 26.3 Å². The average Bonchev–Trinajstić information content (AvgIpc) is 3.01. The molecule has 3 nitrogen and oxygen atoms in total. The van der Waals surface area contributed by atoms with Crippen LogP contribution >= 0.6 is 0 Å². The molecule has 0 bridgehead atoms. The monoisotopic (exact) mass is 289 g/mol. The first-order chi connectivity index (χ1) is 10.1. The van der Waals surface area contributed by atoms with Crippen LogP contribution in [0.4, 0.5) is 0 Å². The molecular formula is C18H27NO2. The molecule has 1 unspecified atom stereocenters. The SMILES string of the molecule is Cc1ccc(C)c(C(O)C2(N3CCOCC3)CCCC2)c1. The molecule has 2 fully saturated rings. The lowest BCUT2D eigenvalue weighted by molar-refractivity contribution is -0.0776. The number of hydrogen-bond donors (Lipinski definition) is 1. The number of rotatable bonds is 3. The predicted octanol–water partition coefficient (Wildman–Crippen LogP) is 2.98. The van der Waals surface area contributed by atoms with E-state index in [2.05, 4.69) is 36.9 Å². The normalized spacial score (nSPS) is 24.1. The molecule has 1 saturated heterocycles. The minimum atomic E-state index is -0.391. The molecule has 3 rings (SSSR count). The van der Waals surface area contributed by atoms with Gasteiger partial charge in [-0.25, -0.2) is 0 Å². The van der Waals surface area contributed by atoms with E-state index in [0.717, 1.165) is 44.7 Å². The van der Waals surface area contributed by atoms with E-state index in [0.29, 0.717) is 0 Å². The van der Waals surface area contributed by atoms with Crippen molar-refractivity contribution in [1.29, 1.82) is 0 Å². The van der Waals surface area contributed by atoms with Crippen molar-refractivity contribution in [3.8, 4) is 0 Å². The van der Waals surface area contributed by atoms with Crippen molar-refractivity contribution in [2.24, 2.45) is 0 Å². The molecule has 0 spiro atoms. The maximum Gasteiger partial charge on any atom is 0.0976 e. The van der Waals surface area contributed by atoms with Crippen molar-refractivity contribution >= 4 is 0 Å². The predicted molar refractivity (Wildman–Crippen MR) is 84.5 cm³/mol. The fraction of sp³-hybridized carbons (Fsp3) is 0.667. The summed E-state index contributed by atoms with van der Waals surface area (Å²) in [6, 6.07) is 6.43. The average molecular weight is 289 g/mol. The first kappa shape index (κ1) is 15.0. The summed E-state index contributed by atoms with van der Waals surface area (Å²) in [5.74, 6) is 0. The van der Waals surface area contributed by atoms with Gasteiger partial charge < -0.3 is 9.84 Å². The number of aliphatic hydroxyl groups excluding tert-OH is 1. The third-order valence-corrected chi connectivity index (χ3v) is 5.35. The molecule has 1 heterocycles. The van der Waals surface area contributed by atoms with Crippen LogP contribution in [0.5, 0.6) is 0 Å². The van der Waals surface area contributed by atoms with E-state index in [4.69, 9.17) is 4.74 Å². The van der Waals surface area contributed by atoms with Gasteiger partial charge >= 0.3 is 0 Å². The van der Waals surface area contributed by atoms with Gasteiger partial charge in [0.15, 0.2) is 0 Å². The zero-order chi connectivity index (χ0) is 14.9. The van der Waals surface area contributed by atoms with Crippen molar-refractivity contribution in [3.05, 3.63) is 34.9 Å². The molecule has 0 amide bonds. The lowest BCUT2D eigenvalue weighted by Gasteiger charge is -2.46. The number of hydrogen-bond acceptors (Lipinski definition) is 3. The first-order valence-corrected chi connectivity index (χ1v) is 8.21. The summed E-state index contributed by atoms with van der Waals surface area (Å²) in [5, 5.41) is 11.2. The van der Waals surface area contributed by atoms with E-state index in [1.807, 2.05) is 0 Å². The van der Waals surface area contributed by atoms with E-state index in [1.165, 1.54) is 24.0 Å². The van der Waals surface area contributed by atoms with Crippen LogP contribution in [0, 0.1) is 13.8 Å². The zero-order valence-electron chi connectivity index (χ0n) is 13.3. The topological polar surface area (TPSA) is 32.7 Å². The summed E-state index contributed by atoms with van der Waals surface area (Å²) in [6.07, 6.45) is 4.25. The van der Waals surface area contributed by atoms with Crippen molar-refractivity contribution < 1.29 is 9.84 Å². The Bertz CT molecular complexity index is 488. The molecule has 116 valence electrons. The third-order valence-electron chi connectivity index (χ3n) is 5.35. The Morgan fingerprint density at radius 2 is 1.81 bits per heavy atom. The molecule has 2 aliphatic rings. The van der Waals surface area contributed by atoms with Gasteiger partial charge in [0.2, 0.25) is 0 Å². The number of morpholine rings is 1. The highest BCUT2D eigenvalue weighted by Crippen LogP contribution is 2.45. The highest BCUT2D eigenvalue weighted by molar-refractivity contribution is 5.34. The Hall–Kier alpha value is -0.900. The lowest BCUT2D eigenvalue weighted by Crippen LogP contribution is -2.55. The van der Waals surface area contributed by atoms with Crippen LogP contribution in [0.2, 0.25) is 0 Å². The summed E-state index contributed by atoms with van der Waals surface area (Å²) >= 11 is 0. The Morgan fingerprint density at radius 1 is 1.14 bits per heavy atom. The van der Waals surface area contributed by atoms with Crippen LogP contribution < -0.4 is 0 Å². The van der Waals surface area contributed by atoms with E-state index >= 15 is 0 Å². The third kappa shape index (κ3) is 2.75. The molecule has 21 heavy (non-hydrogen) atoms. The molecule has 0 radical (unpaired) electrons. The number of aryl methyl sites for hydroxylation is 2. The van der Waals surface area contributed by atoms with Gasteiger partial charge in [0.1, 0.15) is 0 Å². The summed E-state index contributed by atoms with van der Waals surface area (Å²) in [6.45, 7) is 7.69. The summed E-state index contributed by atoms with van der Waals surface area (Å²) in [7, 11) is 0. The molecule has 1 aromatic rings. The molecule has 1 N–H and O–H groups in total. The highest BCUT2D eigenvalue weighted by Gasteiger charge is 2.46. The van der Waals surface area contributed by atoms with Gasteiger partial charge in [-0.1, -0.05) is 36.6 Å². The Balaban J connectivity index is 1.94. The fourth-order valence-corrected chi connectivity index (χ4v) is 4.10. The fourth-order valence-electron chi connectivity index (χ4n) is 4.10. The molecule has 0 aromatic heterocycles. The van der Waals surface area contributed by atoms with Crippen LogP contribution in [-0.2, 0) is 4.74 Å². The number of benzene rings is 1. The smallest absolute Gasteiger partial charge is 0.0976 e. The lowest BCUT2D eigenvalue weighted by atomic mass is 9.82. The molecule has 1 atom stereocenters. The number of nitrogens with zero attached hydrogens (tertiary/aromatic N) is 1. The van der Waals surface area contributed by atoms with Crippen molar-refractivity contribution in [3.63, 3.8) is 0 Å². The van der Waals surface area contributed by atoms with Crippen molar-refractivity contribution in [2.45, 2.75) is 51.2 Å². The van der Waals surface area contributed by atoms with Gasteiger partial charge in [-0.05, 0) is 37.8 Å². The summed E-state index contributed by atoms with van der Waals surface area (Å²) in [4.78, 5) is 2.50. The van der Waals surface area contributed by atoms with Crippen LogP contribution in [0.15, 0.2) is 18.2 Å². The van der Waals surface area contributed by atoms with Gasteiger partial charge in [-0.3, -0.25) is 4.90 Å². The highest BCUT2D eigenvalue weighted by atomic mass is 16.5. The molecule has 1 aliphatic carbocycles. The summed E-state index contributed by atoms with van der Waals surface area (Å²) < 4.78 is 5.51. The van der Waals surface area contributed by atoms with E-state index in [-0.39, 0.29) is 5.54 Å². The second-order valence-corrected chi connectivity index (χ2v) is 6.67. The van der Waals surface area contributed by atoms with Gasteiger partial charge in [-0.2, -0.15) is 0 Å². The van der Waals surface area contributed by atoms with Crippen LogP contribution in [0.3, 0.4) is 0 Å². The van der Waals surface area contributed by atoms with Crippen LogP contribution in [0.1, 0.15) is 48.5 Å². The zero-order valence-corrected chi connectivity index (χ0v) is 13.3. The van der Waals surface area contributed by atoms with Crippen LogP contribution in [-0.4, -0.2) is 41.8 Å². The number of aliphatic hydroxyl groups is 1. The van der Waals surface area contributed by atoms with E-state index < -0.39 is 6.10 Å². The Morgan fingerprint density at radius 3 is 2.48 bits per heavy atom. The Labute approximate surface area is 127 Å². The minimum absolute atomic E-state index is 0.0810. The number of ether oxygens (including phenoxy) is 1. The standard InChI is InChI=1S/C18H27NO2/c1-14-5-6-15(2)16(13-14)17(20)18(7-3-4-8-18)19-9-11-21-12-10-19/h5-6,13,17,20H,3-4,7-12H2,1-2H3. The van der Waals surface area contributed by atoms with Gasteiger partial charge in [0, 0.05) is 13.1 Å². The van der Waals surface area contributed by atoms with Crippen LogP contribution in [0.25, 0.3) is 0 Å². The maximum atomic E-state index is 11.2. The quantitative estimate of drug-likeness (QED) is 0.928. The van der Waals surface area contributed by atoms with E-state index in [1.54, 1.807) is 0 Å². The van der Waals surface area contributed by atoms with Gasteiger partial charge in [0.25, 0.3) is 0 Å². The van der Waals surface area contributed by atoms with E-state index in [9.17, 15) is 5.11 Å². The molecule has 3 heteroatoms. The maximum absolute atomic E-state index is 11.2. The largest absolute Gasteiger partial charge is 0.386 e. The minimum Gasteiger partial charge on any atom is -0.386 e. The molecular weight excluding hydrogens is 262 g/mol. The van der Waals surface area contributed by atoms with Gasteiger partial charge in [0.05, 0.1) is 24.9 Å². The van der Waals surface area contributed by atoms with Gasteiger partial charge in [-0.15, -0.1) is 0 Å². The second kappa shape index (κ2) is 6.07. The molecule has 1 aromatic carbocycles. The molecule has 1 saturated carbocycles.